The number of aliphatic hydroxyl groups excluding tert-OH is 1. The van der Waals surface area contributed by atoms with Gasteiger partial charge in [0.25, 0.3) is 0 Å². The van der Waals surface area contributed by atoms with Crippen LogP contribution in [0.15, 0.2) is 0 Å². The van der Waals surface area contributed by atoms with Crippen LogP contribution < -0.4 is 5.73 Å². The summed E-state index contributed by atoms with van der Waals surface area (Å²) in [5.74, 6) is 0. The summed E-state index contributed by atoms with van der Waals surface area (Å²) >= 11 is 0. The Labute approximate surface area is 87.3 Å². The van der Waals surface area contributed by atoms with E-state index in [2.05, 4.69) is 11.8 Å². The first-order valence-electron chi connectivity index (χ1n) is 5.86. The van der Waals surface area contributed by atoms with Crippen molar-refractivity contribution in [1.29, 1.82) is 0 Å². The maximum atomic E-state index is 9.03. The Kier molecular flexibility index (Phi) is 5.45. The fraction of sp³-hybridized carbons (Fsp3) is 1.00. The average molecular weight is 200 g/mol. The van der Waals surface area contributed by atoms with Crippen LogP contribution in [-0.4, -0.2) is 41.8 Å². The summed E-state index contributed by atoms with van der Waals surface area (Å²) in [6.07, 6.45) is 6.61. The minimum absolute atomic E-state index is 0.251. The van der Waals surface area contributed by atoms with E-state index in [4.69, 9.17) is 10.8 Å². The molecule has 1 atom stereocenters. The maximum absolute atomic E-state index is 9.03. The predicted octanol–water partition coefficient (Wildman–Crippen LogP) is 0.961. The van der Waals surface area contributed by atoms with Gasteiger partial charge in [-0.25, -0.2) is 0 Å². The van der Waals surface area contributed by atoms with E-state index in [0.29, 0.717) is 18.6 Å². The summed E-state index contributed by atoms with van der Waals surface area (Å²) in [5.41, 5.74) is 5.69. The molecular weight excluding hydrogens is 176 g/mol. The van der Waals surface area contributed by atoms with Crippen LogP contribution in [0.3, 0.4) is 0 Å². The number of nitrogens with zero attached hydrogens (tertiary/aromatic N) is 1. The molecule has 0 bridgehead atoms. The number of aliphatic hydroxyl groups is 1. The van der Waals surface area contributed by atoms with Gasteiger partial charge in [0.15, 0.2) is 0 Å². The molecule has 0 radical (unpaired) electrons. The summed E-state index contributed by atoms with van der Waals surface area (Å²) in [6.45, 7) is 3.88. The third-order valence-corrected chi connectivity index (χ3v) is 3.31. The lowest BCUT2D eigenvalue weighted by Crippen LogP contribution is -2.47. The van der Waals surface area contributed by atoms with Crippen LogP contribution in [0.5, 0.6) is 0 Å². The van der Waals surface area contributed by atoms with Crippen LogP contribution >= 0.6 is 0 Å². The number of nitrogens with two attached hydrogens (primary N) is 1. The van der Waals surface area contributed by atoms with E-state index in [1.165, 1.54) is 32.1 Å². The molecule has 1 aliphatic carbocycles. The Morgan fingerprint density at radius 2 is 2.00 bits per heavy atom. The highest BCUT2D eigenvalue weighted by molar-refractivity contribution is 4.79. The van der Waals surface area contributed by atoms with Gasteiger partial charge in [-0.3, -0.25) is 4.90 Å². The SMILES string of the molecule is CC(CN)N(CCO)C1CCCCC1. The molecule has 0 aliphatic heterocycles. The fourth-order valence-electron chi connectivity index (χ4n) is 2.43. The van der Waals surface area contributed by atoms with Crippen molar-refractivity contribution in [3.63, 3.8) is 0 Å². The van der Waals surface area contributed by atoms with Crippen molar-refractivity contribution in [2.45, 2.75) is 51.1 Å². The average Bonchev–Trinajstić information content (AvgIpc) is 2.26. The van der Waals surface area contributed by atoms with Crippen molar-refractivity contribution in [2.24, 2.45) is 5.73 Å². The minimum Gasteiger partial charge on any atom is -0.395 e. The van der Waals surface area contributed by atoms with E-state index in [1.54, 1.807) is 0 Å². The molecule has 0 aromatic carbocycles. The molecule has 3 N–H and O–H groups in total. The van der Waals surface area contributed by atoms with Gasteiger partial charge in [0.1, 0.15) is 0 Å². The van der Waals surface area contributed by atoms with Crippen molar-refractivity contribution >= 4 is 0 Å². The molecule has 0 heterocycles. The first-order chi connectivity index (χ1) is 6.79. The Morgan fingerprint density at radius 1 is 1.36 bits per heavy atom. The third kappa shape index (κ3) is 3.23. The largest absolute Gasteiger partial charge is 0.395 e. The molecule has 1 rings (SSSR count). The second-order valence-corrected chi connectivity index (χ2v) is 4.34. The van der Waals surface area contributed by atoms with E-state index >= 15 is 0 Å². The van der Waals surface area contributed by atoms with Crippen molar-refractivity contribution in [3.05, 3.63) is 0 Å². The zero-order valence-corrected chi connectivity index (χ0v) is 9.28. The Hall–Kier alpha value is -0.120. The van der Waals surface area contributed by atoms with Crippen molar-refractivity contribution in [2.75, 3.05) is 19.7 Å². The molecule has 14 heavy (non-hydrogen) atoms. The van der Waals surface area contributed by atoms with Gasteiger partial charge >= 0.3 is 0 Å². The second kappa shape index (κ2) is 6.38. The Bertz CT molecular complexity index is 146. The van der Waals surface area contributed by atoms with Crippen LogP contribution in [0.2, 0.25) is 0 Å². The molecule has 1 fully saturated rings. The molecule has 0 aromatic rings. The van der Waals surface area contributed by atoms with Crippen LogP contribution in [0.4, 0.5) is 0 Å². The first-order valence-corrected chi connectivity index (χ1v) is 5.86. The molecule has 0 aromatic heterocycles. The minimum atomic E-state index is 0.251. The molecule has 1 unspecified atom stereocenters. The Balaban J connectivity index is 2.46. The Morgan fingerprint density at radius 3 is 2.50 bits per heavy atom. The van der Waals surface area contributed by atoms with Gasteiger partial charge in [-0.2, -0.15) is 0 Å². The highest BCUT2D eigenvalue weighted by Gasteiger charge is 2.23. The molecule has 0 amide bonds. The monoisotopic (exact) mass is 200 g/mol. The molecule has 84 valence electrons. The first kappa shape index (κ1) is 12.0. The standard InChI is InChI=1S/C11H24N2O/c1-10(9-12)13(7-8-14)11-5-3-2-4-6-11/h10-11,14H,2-9,12H2,1H3. The third-order valence-electron chi connectivity index (χ3n) is 3.31. The molecule has 3 nitrogen and oxygen atoms in total. The van der Waals surface area contributed by atoms with Gasteiger partial charge in [-0.1, -0.05) is 19.3 Å². The topological polar surface area (TPSA) is 49.5 Å². The summed E-state index contributed by atoms with van der Waals surface area (Å²) in [4.78, 5) is 2.39. The number of hydrogen-bond donors (Lipinski definition) is 2. The molecule has 1 aliphatic rings. The predicted molar refractivity (Wildman–Crippen MR) is 59.2 cm³/mol. The lowest BCUT2D eigenvalue weighted by Gasteiger charge is -2.37. The van der Waals surface area contributed by atoms with Gasteiger partial charge in [-0.15, -0.1) is 0 Å². The molecular formula is C11H24N2O. The van der Waals surface area contributed by atoms with Gasteiger partial charge in [-0.05, 0) is 19.8 Å². The zero-order valence-electron chi connectivity index (χ0n) is 9.28. The van der Waals surface area contributed by atoms with Gasteiger partial charge < -0.3 is 10.8 Å². The normalized spacial score (nSPS) is 21.4. The summed E-state index contributed by atoms with van der Waals surface area (Å²) in [5, 5.41) is 9.03. The van der Waals surface area contributed by atoms with Crippen molar-refractivity contribution in [1.82, 2.24) is 4.90 Å². The lowest BCUT2D eigenvalue weighted by atomic mass is 9.93. The smallest absolute Gasteiger partial charge is 0.0558 e. The van der Waals surface area contributed by atoms with Crippen LogP contribution in [0.1, 0.15) is 39.0 Å². The highest BCUT2D eigenvalue weighted by Crippen LogP contribution is 2.23. The van der Waals surface area contributed by atoms with Gasteiger partial charge in [0.2, 0.25) is 0 Å². The van der Waals surface area contributed by atoms with E-state index in [1.807, 2.05) is 0 Å². The summed E-state index contributed by atoms with van der Waals surface area (Å²) in [6, 6.07) is 1.07. The van der Waals surface area contributed by atoms with Gasteiger partial charge in [0.05, 0.1) is 6.61 Å². The maximum Gasteiger partial charge on any atom is 0.0558 e. The van der Waals surface area contributed by atoms with Crippen molar-refractivity contribution in [3.8, 4) is 0 Å². The number of hydrogen-bond acceptors (Lipinski definition) is 3. The number of rotatable bonds is 5. The van der Waals surface area contributed by atoms with E-state index in [-0.39, 0.29) is 6.61 Å². The quantitative estimate of drug-likeness (QED) is 0.695. The van der Waals surface area contributed by atoms with Gasteiger partial charge in [0, 0.05) is 25.2 Å². The zero-order chi connectivity index (χ0) is 10.4. The molecule has 0 saturated heterocycles. The second-order valence-electron chi connectivity index (χ2n) is 4.34. The van der Waals surface area contributed by atoms with Crippen LogP contribution in [0.25, 0.3) is 0 Å². The molecule has 3 heteroatoms. The van der Waals surface area contributed by atoms with E-state index in [9.17, 15) is 0 Å². The molecule has 0 spiro atoms. The highest BCUT2D eigenvalue weighted by atomic mass is 16.3. The van der Waals surface area contributed by atoms with Crippen LogP contribution in [0, 0.1) is 0 Å². The van der Waals surface area contributed by atoms with Crippen molar-refractivity contribution < 1.29 is 5.11 Å². The summed E-state index contributed by atoms with van der Waals surface area (Å²) in [7, 11) is 0. The fourth-order valence-corrected chi connectivity index (χ4v) is 2.43. The molecule has 1 saturated carbocycles. The van der Waals surface area contributed by atoms with E-state index < -0.39 is 0 Å². The van der Waals surface area contributed by atoms with E-state index in [0.717, 1.165) is 6.54 Å². The lowest BCUT2D eigenvalue weighted by molar-refractivity contribution is 0.0906. The summed E-state index contributed by atoms with van der Waals surface area (Å²) < 4.78 is 0. The van der Waals surface area contributed by atoms with Crippen LogP contribution in [-0.2, 0) is 0 Å².